The Bertz CT molecular complexity index is 1030. The normalized spacial score (nSPS) is 16.6. The van der Waals surface area contributed by atoms with Gasteiger partial charge in [-0.25, -0.2) is 4.98 Å². The first-order chi connectivity index (χ1) is 11.6. The highest BCUT2D eigenvalue weighted by molar-refractivity contribution is 7.19. The standard InChI is InChI=1S/C18H14N4OS/c1-9-7-10(2)22-18-13(9)15-16(24-18)14(11-3-5-21-6-4-11)12(8-19)17(20)23-15/h3-7,14H,20H2,1-2H3/t14-/m1/s1. The highest BCUT2D eigenvalue weighted by atomic mass is 32.1. The Hall–Kier alpha value is -2.91. The van der Waals surface area contributed by atoms with Crippen LogP contribution in [0.1, 0.15) is 27.6 Å². The minimum atomic E-state index is -0.249. The number of nitrogens with zero attached hydrogens (tertiary/aromatic N) is 3. The summed E-state index contributed by atoms with van der Waals surface area (Å²) < 4.78 is 5.85. The molecule has 0 spiro atoms. The second-order valence-corrected chi connectivity index (χ2v) is 6.79. The Morgan fingerprint density at radius 1 is 1.29 bits per heavy atom. The molecule has 3 aromatic heterocycles. The lowest BCUT2D eigenvalue weighted by molar-refractivity contribution is 0.401. The quantitative estimate of drug-likeness (QED) is 0.736. The van der Waals surface area contributed by atoms with Crippen molar-refractivity contribution in [2.24, 2.45) is 5.73 Å². The first-order valence-electron chi connectivity index (χ1n) is 7.48. The van der Waals surface area contributed by atoms with Crippen LogP contribution in [0.2, 0.25) is 0 Å². The monoisotopic (exact) mass is 334 g/mol. The van der Waals surface area contributed by atoms with E-state index in [0.29, 0.717) is 5.57 Å². The number of ether oxygens (including phenoxy) is 1. The fourth-order valence-corrected chi connectivity index (χ4v) is 4.51. The lowest BCUT2D eigenvalue weighted by Gasteiger charge is -2.23. The topological polar surface area (TPSA) is 84.8 Å². The third-order valence-corrected chi connectivity index (χ3v) is 5.29. The summed E-state index contributed by atoms with van der Waals surface area (Å²) in [6.45, 7) is 4.01. The molecule has 2 N–H and O–H groups in total. The molecule has 1 atom stereocenters. The zero-order valence-corrected chi connectivity index (χ0v) is 14.0. The van der Waals surface area contributed by atoms with Gasteiger partial charge in [-0.1, -0.05) is 0 Å². The zero-order chi connectivity index (χ0) is 16.8. The van der Waals surface area contributed by atoms with Crippen LogP contribution in [0, 0.1) is 25.2 Å². The number of hydrogen-bond acceptors (Lipinski definition) is 6. The number of nitriles is 1. The molecule has 0 unspecified atom stereocenters. The highest BCUT2D eigenvalue weighted by Gasteiger charge is 2.34. The summed E-state index contributed by atoms with van der Waals surface area (Å²) >= 11 is 1.55. The molecule has 1 aliphatic rings. The number of aryl methyl sites for hydroxylation is 2. The second-order valence-electron chi connectivity index (χ2n) is 5.76. The molecule has 1 aliphatic heterocycles. The van der Waals surface area contributed by atoms with Crippen molar-refractivity contribution in [3.05, 3.63) is 63.7 Å². The van der Waals surface area contributed by atoms with Crippen LogP contribution in [-0.2, 0) is 0 Å². The average Bonchev–Trinajstić information content (AvgIpc) is 2.92. The number of thiophene rings is 1. The maximum atomic E-state index is 9.60. The maximum absolute atomic E-state index is 9.60. The van der Waals surface area contributed by atoms with E-state index in [4.69, 9.17) is 10.5 Å². The average molecular weight is 334 g/mol. The fourth-order valence-electron chi connectivity index (χ4n) is 3.15. The van der Waals surface area contributed by atoms with Crippen molar-refractivity contribution in [2.75, 3.05) is 0 Å². The van der Waals surface area contributed by atoms with Gasteiger partial charge < -0.3 is 10.5 Å². The van der Waals surface area contributed by atoms with Crippen molar-refractivity contribution < 1.29 is 4.74 Å². The Kier molecular flexibility index (Phi) is 3.25. The van der Waals surface area contributed by atoms with Crippen LogP contribution >= 0.6 is 11.3 Å². The molecule has 0 saturated heterocycles. The van der Waals surface area contributed by atoms with Crippen LogP contribution in [0.4, 0.5) is 0 Å². The Balaban J connectivity index is 2.05. The van der Waals surface area contributed by atoms with Crippen LogP contribution in [-0.4, -0.2) is 9.97 Å². The van der Waals surface area contributed by atoms with E-state index >= 15 is 0 Å². The van der Waals surface area contributed by atoms with Gasteiger partial charge in [-0.2, -0.15) is 5.26 Å². The summed E-state index contributed by atoms with van der Waals surface area (Å²) in [5.74, 6) is 0.630. The molecule has 4 rings (SSSR count). The molecule has 5 nitrogen and oxygen atoms in total. The third kappa shape index (κ3) is 2.06. The minimum absolute atomic E-state index is 0.159. The van der Waals surface area contributed by atoms with Crippen molar-refractivity contribution in [2.45, 2.75) is 19.8 Å². The number of pyridine rings is 2. The third-order valence-electron chi connectivity index (χ3n) is 4.16. The summed E-state index contributed by atoms with van der Waals surface area (Å²) in [5, 5.41) is 10.6. The summed E-state index contributed by atoms with van der Waals surface area (Å²) in [6.07, 6.45) is 3.44. The lowest BCUT2D eigenvalue weighted by atomic mass is 9.89. The van der Waals surface area contributed by atoms with Gasteiger partial charge in [-0.05, 0) is 43.2 Å². The van der Waals surface area contributed by atoms with Gasteiger partial charge in [-0.15, -0.1) is 11.3 Å². The molecule has 6 heteroatoms. The molecule has 24 heavy (non-hydrogen) atoms. The second kappa shape index (κ2) is 5.32. The van der Waals surface area contributed by atoms with E-state index < -0.39 is 0 Å². The SMILES string of the molecule is Cc1cc(C)c2c3c(sc2n1)[C@H](c1ccncc1)C(C#N)=C(N)O3. The van der Waals surface area contributed by atoms with Gasteiger partial charge >= 0.3 is 0 Å². The molecular formula is C18H14N4OS. The largest absolute Gasteiger partial charge is 0.439 e. The molecule has 0 aliphatic carbocycles. The van der Waals surface area contributed by atoms with Crippen molar-refractivity contribution >= 4 is 21.6 Å². The number of fused-ring (bicyclic) bond motifs is 3. The van der Waals surface area contributed by atoms with Crippen molar-refractivity contribution in [3.63, 3.8) is 0 Å². The molecule has 4 heterocycles. The Morgan fingerprint density at radius 3 is 2.75 bits per heavy atom. The van der Waals surface area contributed by atoms with E-state index in [1.54, 1.807) is 23.7 Å². The summed E-state index contributed by atoms with van der Waals surface area (Å²) in [4.78, 5) is 10.6. The minimum Gasteiger partial charge on any atom is -0.439 e. The summed E-state index contributed by atoms with van der Waals surface area (Å²) in [6, 6.07) is 8.04. The number of rotatable bonds is 1. The van der Waals surface area contributed by atoms with Gasteiger partial charge in [0.15, 0.2) is 5.75 Å². The van der Waals surface area contributed by atoms with Gasteiger partial charge in [0.05, 0.1) is 16.2 Å². The van der Waals surface area contributed by atoms with Gasteiger partial charge in [0.25, 0.3) is 0 Å². The summed E-state index contributed by atoms with van der Waals surface area (Å²) in [7, 11) is 0. The van der Waals surface area contributed by atoms with Gasteiger partial charge in [0.2, 0.25) is 5.88 Å². The molecule has 0 bridgehead atoms. The van der Waals surface area contributed by atoms with Crippen molar-refractivity contribution in [3.8, 4) is 11.8 Å². The zero-order valence-electron chi connectivity index (χ0n) is 13.2. The van der Waals surface area contributed by atoms with Crippen molar-refractivity contribution in [1.29, 1.82) is 5.26 Å². The van der Waals surface area contributed by atoms with E-state index in [9.17, 15) is 5.26 Å². The fraction of sp³-hybridized carbons (Fsp3) is 0.167. The molecule has 118 valence electrons. The van der Waals surface area contributed by atoms with Gasteiger partial charge in [0, 0.05) is 18.1 Å². The van der Waals surface area contributed by atoms with Crippen LogP contribution < -0.4 is 10.5 Å². The predicted octanol–water partition coefficient (Wildman–Crippen LogP) is 3.53. The van der Waals surface area contributed by atoms with Crippen LogP contribution in [0.5, 0.6) is 5.75 Å². The molecule has 0 aromatic carbocycles. The Labute approximate surface area is 143 Å². The summed E-state index contributed by atoms with van der Waals surface area (Å²) in [5.41, 5.74) is 9.51. The molecular weight excluding hydrogens is 320 g/mol. The van der Waals surface area contributed by atoms with Gasteiger partial charge in [0.1, 0.15) is 16.5 Å². The Morgan fingerprint density at radius 2 is 2.04 bits per heavy atom. The number of allylic oxidation sites excluding steroid dienone is 1. The number of nitrogens with two attached hydrogens (primary N) is 1. The van der Waals surface area contributed by atoms with E-state index in [0.717, 1.165) is 37.7 Å². The highest BCUT2D eigenvalue weighted by Crippen LogP contribution is 2.50. The molecule has 0 saturated carbocycles. The molecule has 0 radical (unpaired) electrons. The first kappa shape index (κ1) is 14.7. The lowest BCUT2D eigenvalue weighted by Crippen LogP contribution is -2.19. The maximum Gasteiger partial charge on any atom is 0.205 e. The van der Waals surface area contributed by atoms with Crippen LogP contribution in [0.15, 0.2) is 42.0 Å². The van der Waals surface area contributed by atoms with E-state index in [1.807, 2.05) is 32.0 Å². The smallest absolute Gasteiger partial charge is 0.205 e. The molecule has 0 amide bonds. The molecule has 0 fully saturated rings. The van der Waals surface area contributed by atoms with Crippen LogP contribution in [0.3, 0.4) is 0 Å². The van der Waals surface area contributed by atoms with Crippen LogP contribution in [0.25, 0.3) is 10.2 Å². The van der Waals surface area contributed by atoms with E-state index in [2.05, 4.69) is 16.0 Å². The van der Waals surface area contributed by atoms with Crippen molar-refractivity contribution in [1.82, 2.24) is 9.97 Å². The predicted molar refractivity (Wildman–Crippen MR) is 92.6 cm³/mol. The number of hydrogen-bond donors (Lipinski definition) is 1. The first-order valence-corrected chi connectivity index (χ1v) is 8.30. The molecule has 3 aromatic rings. The van der Waals surface area contributed by atoms with E-state index in [1.165, 1.54) is 0 Å². The van der Waals surface area contributed by atoms with E-state index in [-0.39, 0.29) is 11.8 Å². The van der Waals surface area contributed by atoms with Gasteiger partial charge in [-0.3, -0.25) is 4.98 Å². The number of aromatic nitrogens is 2.